The summed E-state index contributed by atoms with van der Waals surface area (Å²) in [7, 11) is 1.55. The largest absolute Gasteiger partial charge is 0.497 e. The van der Waals surface area contributed by atoms with Gasteiger partial charge >= 0.3 is 5.97 Å². The van der Waals surface area contributed by atoms with Crippen LogP contribution in [-0.2, 0) is 4.79 Å². The Kier molecular flexibility index (Phi) is 8.28. The maximum absolute atomic E-state index is 13.4. The van der Waals surface area contributed by atoms with Crippen molar-refractivity contribution in [2.24, 2.45) is 5.41 Å². The van der Waals surface area contributed by atoms with Gasteiger partial charge in [-0.1, -0.05) is 23.4 Å². The summed E-state index contributed by atoms with van der Waals surface area (Å²) in [6.07, 6.45) is 1.82. The molecule has 2 heterocycles. The number of rotatable bonds is 7. The molecule has 0 aliphatic carbocycles. The van der Waals surface area contributed by atoms with Crippen molar-refractivity contribution in [3.63, 3.8) is 0 Å². The molecule has 0 bridgehead atoms. The molecule has 3 aromatic rings. The Hall–Kier alpha value is -3.25. The van der Waals surface area contributed by atoms with E-state index in [9.17, 15) is 23.8 Å². The average molecular weight is 529 g/mol. The van der Waals surface area contributed by atoms with Crippen LogP contribution in [0.2, 0.25) is 5.02 Å². The zero-order valence-electron chi connectivity index (χ0n) is 20.3. The highest BCUT2D eigenvalue weighted by atomic mass is 35.5. The fourth-order valence-electron chi connectivity index (χ4n) is 4.73. The SMILES string of the molecule is COc1ccc2ncc(Cl)c([C@@H](O)CCC3(C(=O)O)CCN(CC#Cc4ccc(F)c(F)c4)CC3)c2c1. The molecular weight excluding hydrogens is 502 g/mol. The number of halogens is 3. The van der Waals surface area contributed by atoms with E-state index in [1.807, 2.05) is 4.90 Å². The highest BCUT2D eigenvalue weighted by Crippen LogP contribution is 2.41. The third-order valence-corrected chi connectivity index (χ3v) is 7.32. The van der Waals surface area contributed by atoms with Gasteiger partial charge in [-0.25, -0.2) is 8.78 Å². The molecule has 1 saturated heterocycles. The molecule has 6 nitrogen and oxygen atoms in total. The number of fused-ring (bicyclic) bond motifs is 1. The summed E-state index contributed by atoms with van der Waals surface area (Å²) < 4.78 is 31.7. The van der Waals surface area contributed by atoms with Gasteiger partial charge in [0.25, 0.3) is 0 Å². The van der Waals surface area contributed by atoms with Crippen LogP contribution < -0.4 is 4.74 Å². The number of nitrogens with zero attached hydrogens (tertiary/aromatic N) is 2. The molecule has 1 atom stereocenters. The van der Waals surface area contributed by atoms with Crippen molar-refractivity contribution in [2.75, 3.05) is 26.7 Å². The van der Waals surface area contributed by atoms with Crippen molar-refractivity contribution in [2.45, 2.75) is 31.8 Å². The predicted octanol–water partition coefficient (Wildman–Crippen LogP) is 5.21. The molecule has 0 radical (unpaired) electrons. The normalized spacial score (nSPS) is 16.1. The lowest BCUT2D eigenvalue weighted by Crippen LogP contribution is -2.44. The van der Waals surface area contributed by atoms with E-state index in [-0.39, 0.29) is 12.8 Å². The first kappa shape index (κ1) is 26.8. The number of aromatic nitrogens is 1. The van der Waals surface area contributed by atoms with Crippen molar-refractivity contribution in [3.8, 4) is 17.6 Å². The van der Waals surface area contributed by atoms with Gasteiger partial charge < -0.3 is 14.9 Å². The summed E-state index contributed by atoms with van der Waals surface area (Å²) in [6.45, 7) is 1.42. The van der Waals surface area contributed by atoms with Crippen molar-refractivity contribution >= 4 is 28.5 Å². The molecule has 0 unspecified atom stereocenters. The minimum atomic E-state index is -0.974. The number of benzene rings is 2. The molecule has 0 amide bonds. The van der Waals surface area contributed by atoms with Gasteiger partial charge in [-0.3, -0.25) is 14.7 Å². The summed E-state index contributed by atoms with van der Waals surface area (Å²) in [5.41, 5.74) is 0.573. The molecule has 1 aliphatic rings. The van der Waals surface area contributed by atoms with Crippen molar-refractivity contribution < 1.29 is 28.5 Å². The number of hydrogen-bond donors (Lipinski definition) is 2. The van der Waals surface area contributed by atoms with Crippen LogP contribution in [0.1, 0.15) is 42.9 Å². The third-order valence-electron chi connectivity index (χ3n) is 7.02. The molecule has 0 saturated carbocycles. The van der Waals surface area contributed by atoms with Crippen LogP contribution in [0.3, 0.4) is 0 Å². The van der Waals surface area contributed by atoms with Gasteiger partial charge in [0.1, 0.15) is 5.75 Å². The maximum Gasteiger partial charge on any atom is 0.309 e. The van der Waals surface area contributed by atoms with Crippen LogP contribution in [0.5, 0.6) is 5.75 Å². The molecule has 194 valence electrons. The Morgan fingerprint density at radius 1 is 1.22 bits per heavy atom. The number of methoxy groups -OCH3 is 1. The van der Waals surface area contributed by atoms with Gasteiger partial charge in [-0.2, -0.15) is 0 Å². The molecule has 1 aliphatic heterocycles. The second-order valence-corrected chi connectivity index (χ2v) is 9.66. The van der Waals surface area contributed by atoms with Gasteiger partial charge in [0.15, 0.2) is 11.6 Å². The average Bonchev–Trinajstić information content (AvgIpc) is 2.89. The zero-order chi connectivity index (χ0) is 26.6. The number of likely N-dealkylation sites (tertiary alicyclic amines) is 1. The van der Waals surface area contributed by atoms with Crippen LogP contribution in [0, 0.1) is 28.9 Å². The van der Waals surface area contributed by atoms with Gasteiger partial charge in [0.2, 0.25) is 0 Å². The lowest BCUT2D eigenvalue weighted by atomic mass is 9.74. The van der Waals surface area contributed by atoms with E-state index >= 15 is 0 Å². The van der Waals surface area contributed by atoms with E-state index in [0.717, 1.165) is 12.1 Å². The summed E-state index contributed by atoms with van der Waals surface area (Å²) in [5, 5.41) is 22.1. The van der Waals surface area contributed by atoms with Crippen LogP contribution in [0.15, 0.2) is 42.6 Å². The molecule has 4 rings (SSSR count). The first-order chi connectivity index (χ1) is 17.7. The number of ether oxygens (including phenoxy) is 1. The maximum atomic E-state index is 13.4. The number of carboxylic acid groups (broad SMARTS) is 1. The number of aliphatic hydroxyl groups excluding tert-OH is 1. The fourth-order valence-corrected chi connectivity index (χ4v) is 5.00. The Morgan fingerprint density at radius 2 is 1.97 bits per heavy atom. The van der Waals surface area contributed by atoms with E-state index in [1.54, 1.807) is 25.3 Å². The number of aliphatic hydroxyl groups is 1. The lowest BCUT2D eigenvalue weighted by molar-refractivity contribution is -0.153. The summed E-state index contributed by atoms with van der Waals surface area (Å²) in [4.78, 5) is 18.6. The van der Waals surface area contributed by atoms with Gasteiger partial charge in [0.05, 0.1) is 35.7 Å². The minimum absolute atomic E-state index is 0.221. The van der Waals surface area contributed by atoms with Crippen LogP contribution in [-0.4, -0.2) is 52.8 Å². The van der Waals surface area contributed by atoms with Gasteiger partial charge in [-0.15, -0.1) is 0 Å². The van der Waals surface area contributed by atoms with E-state index in [0.29, 0.717) is 65.3 Å². The van der Waals surface area contributed by atoms with E-state index in [4.69, 9.17) is 16.3 Å². The number of hydrogen-bond acceptors (Lipinski definition) is 5. The monoisotopic (exact) mass is 528 g/mol. The fraction of sp³-hybridized carbons (Fsp3) is 0.357. The van der Waals surface area contributed by atoms with E-state index in [1.165, 1.54) is 12.3 Å². The Labute approximate surface area is 218 Å². The molecule has 2 N–H and O–H groups in total. The molecule has 1 aromatic heterocycles. The summed E-state index contributed by atoms with van der Waals surface area (Å²) in [6, 6.07) is 8.82. The third kappa shape index (κ3) is 6.02. The van der Waals surface area contributed by atoms with E-state index in [2.05, 4.69) is 16.8 Å². The second kappa shape index (κ2) is 11.4. The van der Waals surface area contributed by atoms with Crippen LogP contribution in [0.4, 0.5) is 8.78 Å². The first-order valence-electron chi connectivity index (χ1n) is 11.9. The van der Waals surface area contributed by atoms with Crippen LogP contribution >= 0.6 is 11.6 Å². The quantitative estimate of drug-likeness (QED) is 0.410. The van der Waals surface area contributed by atoms with Crippen LogP contribution in [0.25, 0.3) is 10.9 Å². The summed E-state index contributed by atoms with van der Waals surface area (Å²) in [5.74, 6) is 3.61. The van der Waals surface area contributed by atoms with E-state index < -0.39 is 29.1 Å². The number of carbonyl (C=O) groups is 1. The lowest BCUT2D eigenvalue weighted by Gasteiger charge is -2.38. The topological polar surface area (TPSA) is 82.9 Å². The Balaban J connectivity index is 1.41. The predicted molar refractivity (Wildman–Crippen MR) is 136 cm³/mol. The molecule has 1 fully saturated rings. The van der Waals surface area contributed by atoms with Crippen molar-refractivity contribution in [1.82, 2.24) is 9.88 Å². The Bertz CT molecular complexity index is 1360. The number of pyridine rings is 1. The van der Waals surface area contributed by atoms with Gasteiger partial charge in [-0.05, 0) is 62.1 Å². The molecule has 0 spiro atoms. The van der Waals surface area contributed by atoms with Crippen molar-refractivity contribution in [1.29, 1.82) is 0 Å². The smallest absolute Gasteiger partial charge is 0.309 e. The zero-order valence-corrected chi connectivity index (χ0v) is 21.1. The highest BCUT2D eigenvalue weighted by Gasteiger charge is 2.41. The standard InChI is InChI=1S/C28H27ClF2N2O4/c1-37-19-5-7-24-20(16-19)26(21(29)17-32-24)25(34)8-9-28(27(35)36)10-13-33(14-11-28)12-2-3-18-4-6-22(30)23(31)15-18/h4-7,15-17,25,34H,8-14H2,1H3,(H,35,36)/t25-/m0/s1. The molecule has 2 aromatic carbocycles. The van der Waals surface area contributed by atoms with Crippen molar-refractivity contribution in [3.05, 3.63) is 70.4 Å². The number of piperidine rings is 1. The van der Waals surface area contributed by atoms with Gasteiger partial charge in [0, 0.05) is 35.8 Å². The Morgan fingerprint density at radius 3 is 2.65 bits per heavy atom. The minimum Gasteiger partial charge on any atom is -0.497 e. The molecular formula is C28H27ClF2N2O4. The summed E-state index contributed by atoms with van der Waals surface area (Å²) >= 11 is 6.40. The first-order valence-corrected chi connectivity index (χ1v) is 12.3. The molecule has 37 heavy (non-hydrogen) atoms. The second-order valence-electron chi connectivity index (χ2n) is 9.25. The number of carboxylic acids is 1. The number of aliphatic carboxylic acids is 1. The highest BCUT2D eigenvalue weighted by molar-refractivity contribution is 6.32. The molecule has 9 heteroatoms.